The van der Waals surface area contributed by atoms with E-state index in [4.69, 9.17) is 23.8 Å². The van der Waals surface area contributed by atoms with Crippen LogP contribution in [0.4, 0.5) is 5.82 Å². The van der Waals surface area contributed by atoms with Crippen LogP contribution in [0, 0.1) is 0 Å². The average Bonchev–Trinajstić information content (AvgIpc) is 3.12. The number of aryl methyl sites for hydroxylation is 2. The molecule has 0 saturated carbocycles. The topological polar surface area (TPSA) is 95.1 Å². The Kier molecular flexibility index (Phi) is 8.29. The summed E-state index contributed by atoms with van der Waals surface area (Å²) in [6.45, 7) is 0.526. The summed E-state index contributed by atoms with van der Waals surface area (Å²) >= 11 is 12.1. The van der Waals surface area contributed by atoms with Crippen molar-refractivity contribution in [3.05, 3.63) is 118 Å². The maximum atomic E-state index is 12.9. The summed E-state index contributed by atoms with van der Waals surface area (Å²) in [4.78, 5) is 27.5. The van der Waals surface area contributed by atoms with Crippen LogP contribution in [0.25, 0.3) is 0 Å². The van der Waals surface area contributed by atoms with Gasteiger partial charge in [0.05, 0.1) is 16.6 Å². The van der Waals surface area contributed by atoms with Gasteiger partial charge in [-0.15, -0.1) is 0 Å². The van der Waals surface area contributed by atoms with Gasteiger partial charge in [-0.3, -0.25) is 25.6 Å². The Morgan fingerprint density at radius 2 is 1.82 bits per heavy atom. The summed E-state index contributed by atoms with van der Waals surface area (Å²) in [5, 5.41) is 4.08. The Bertz CT molecular complexity index is 1440. The van der Waals surface area contributed by atoms with Crippen LogP contribution in [0.2, 0.25) is 5.02 Å². The van der Waals surface area contributed by atoms with Crippen molar-refractivity contribution in [1.29, 1.82) is 0 Å². The van der Waals surface area contributed by atoms with Gasteiger partial charge in [0.2, 0.25) is 0 Å². The molecule has 3 heterocycles. The van der Waals surface area contributed by atoms with Crippen molar-refractivity contribution in [2.24, 2.45) is 0 Å². The molecule has 1 unspecified atom stereocenters. The van der Waals surface area contributed by atoms with Crippen molar-refractivity contribution in [2.45, 2.75) is 25.3 Å². The standard InChI is InChI=1S/C29H28ClN7OS/c1-37(15-12-22-7-4-5-13-32-22)28(38)21-16-25(30)27(33-17-21)35-36-29(39)34-26-23-8-3-2-6-19(23)9-10-20-11-14-31-18-24(20)26/h2-8,11,13-14,16-18,26H,9-10,12,15H2,1H3,(H,33,35)(H2,34,36,39). The normalized spacial score (nSPS) is 13.8. The Hall–Kier alpha value is -4.08. The van der Waals surface area contributed by atoms with Crippen molar-refractivity contribution in [3.8, 4) is 0 Å². The van der Waals surface area contributed by atoms with E-state index in [-0.39, 0.29) is 11.9 Å². The molecule has 3 aromatic heterocycles. The molecule has 39 heavy (non-hydrogen) atoms. The lowest BCUT2D eigenvalue weighted by atomic mass is 9.96. The molecule has 3 N–H and O–H groups in total. The predicted octanol–water partition coefficient (Wildman–Crippen LogP) is 4.52. The van der Waals surface area contributed by atoms with Crippen LogP contribution < -0.4 is 16.2 Å². The Morgan fingerprint density at radius 1 is 1.03 bits per heavy atom. The van der Waals surface area contributed by atoms with E-state index in [9.17, 15) is 4.79 Å². The van der Waals surface area contributed by atoms with Crippen molar-refractivity contribution in [2.75, 3.05) is 19.0 Å². The van der Waals surface area contributed by atoms with Crippen molar-refractivity contribution < 1.29 is 4.79 Å². The first-order valence-corrected chi connectivity index (χ1v) is 13.4. The van der Waals surface area contributed by atoms with Gasteiger partial charge >= 0.3 is 0 Å². The van der Waals surface area contributed by atoms with Gasteiger partial charge in [-0.2, -0.15) is 0 Å². The number of hydrogen-bond acceptors (Lipinski definition) is 6. The summed E-state index contributed by atoms with van der Waals surface area (Å²) < 4.78 is 0. The summed E-state index contributed by atoms with van der Waals surface area (Å²) in [5.41, 5.74) is 12.0. The highest BCUT2D eigenvalue weighted by molar-refractivity contribution is 7.80. The number of halogens is 1. The van der Waals surface area contributed by atoms with Gasteiger partial charge < -0.3 is 10.2 Å². The molecule has 1 aliphatic carbocycles. The van der Waals surface area contributed by atoms with Gasteiger partial charge in [0, 0.05) is 56.1 Å². The minimum absolute atomic E-state index is 0.153. The quantitative estimate of drug-likeness (QED) is 0.225. The van der Waals surface area contributed by atoms with Gasteiger partial charge in [0.15, 0.2) is 10.9 Å². The highest BCUT2D eigenvalue weighted by Crippen LogP contribution is 2.32. The fourth-order valence-corrected chi connectivity index (χ4v) is 5.02. The minimum atomic E-state index is -0.170. The molecule has 0 radical (unpaired) electrons. The zero-order chi connectivity index (χ0) is 27.2. The van der Waals surface area contributed by atoms with Crippen molar-refractivity contribution >= 4 is 40.7 Å². The molecule has 0 bridgehead atoms. The molecule has 0 aliphatic heterocycles. The molecule has 4 aromatic rings. The number of nitrogens with one attached hydrogen (secondary N) is 3. The van der Waals surface area contributed by atoms with Gasteiger partial charge in [-0.05, 0) is 66.0 Å². The van der Waals surface area contributed by atoms with Gasteiger partial charge in [-0.1, -0.05) is 41.9 Å². The third kappa shape index (κ3) is 6.32. The second-order valence-corrected chi connectivity index (χ2v) is 10.1. The molecule has 0 fully saturated rings. The number of likely N-dealkylation sites (N-methyl/N-ethyl adjacent to an activating group) is 1. The van der Waals surface area contributed by atoms with E-state index in [2.05, 4.69) is 55.4 Å². The van der Waals surface area contributed by atoms with E-state index >= 15 is 0 Å². The van der Waals surface area contributed by atoms with E-state index in [1.54, 1.807) is 24.2 Å². The van der Waals surface area contributed by atoms with Crippen LogP contribution in [0.1, 0.15) is 44.3 Å². The number of hydrogen-bond donors (Lipinski definition) is 3. The second-order valence-electron chi connectivity index (χ2n) is 9.28. The molecular formula is C29H28ClN7OS. The van der Waals surface area contributed by atoms with E-state index in [1.807, 2.05) is 36.7 Å². The zero-order valence-corrected chi connectivity index (χ0v) is 23.0. The number of carbonyl (C=O) groups is 1. The van der Waals surface area contributed by atoms with Gasteiger partial charge in [0.1, 0.15) is 0 Å². The number of amides is 1. The number of aromatic nitrogens is 3. The van der Waals surface area contributed by atoms with Crippen LogP contribution in [0.5, 0.6) is 0 Å². The molecule has 0 spiro atoms. The largest absolute Gasteiger partial charge is 0.350 e. The summed E-state index contributed by atoms with van der Waals surface area (Å²) in [6, 6.07) is 17.6. The molecule has 1 aliphatic rings. The number of rotatable bonds is 7. The zero-order valence-electron chi connectivity index (χ0n) is 21.4. The summed E-state index contributed by atoms with van der Waals surface area (Å²) in [5.74, 6) is 0.188. The molecule has 1 aromatic carbocycles. The van der Waals surface area contributed by atoms with Gasteiger partial charge in [0.25, 0.3) is 5.91 Å². The Morgan fingerprint density at radius 3 is 2.62 bits per heavy atom. The third-order valence-corrected chi connectivity index (χ3v) is 7.23. The van der Waals surface area contributed by atoms with E-state index in [0.29, 0.717) is 34.5 Å². The monoisotopic (exact) mass is 557 g/mol. The van der Waals surface area contributed by atoms with Crippen molar-refractivity contribution in [3.63, 3.8) is 0 Å². The van der Waals surface area contributed by atoms with Crippen LogP contribution >= 0.6 is 23.8 Å². The van der Waals surface area contributed by atoms with Crippen LogP contribution in [0.3, 0.4) is 0 Å². The molecule has 1 atom stereocenters. The van der Waals surface area contributed by atoms with Crippen LogP contribution in [-0.2, 0) is 19.3 Å². The predicted molar refractivity (Wildman–Crippen MR) is 157 cm³/mol. The highest BCUT2D eigenvalue weighted by atomic mass is 35.5. The third-order valence-electron chi connectivity index (χ3n) is 6.72. The first-order valence-electron chi connectivity index (χ1n) is 12.6. The smallest absolute Gasteiger partial charge is 0.255 e. The summed E-state index contributed by atoms with van der Waals surface area (Å²) in [7, 11) is 1.75. The number of nitrogens with zero attached hydrogens (tertiary/aromatic N) is 4. The van der Waals surface area contributed by atoms with E-state index < -0.39 is 0 Å². The number of thiocarbonyl (C=S) groups is 1. The van der Waals surface area contributed by atoms with Crippen LogP contribution in [0.15, 0.2) is 79.4 Å². The first-order chi connectivity index (χ1) is 19.0. The number of fused-ring (bicyclic) bond motifs is 2. The maximum Gasteiger partial charge on any atom is 0.255 e. The number of benzene rings is 1. The minimum Gasteiger partial charge on any atom is -0.350 e. The fraction of sp³-hybridized carbons (Fsp3) is 0.207. The average molecular weight is 558 g/mol. The molecule has 1 amide bonds. The molecule has 0 saturated heterocycles. The number of anilines is 1. The fourth-order valence-electron chi connectivity index (χ4n) is 4.64. The maximum absolute atomic E-state index is 12.9. The summed E-state index contributed by atoms with van der Waals surface area (Å²) in [6.07, 6.45) is 9.51. The second kappa shape index (κ2) is 12.2. The van der Waals surface area contributed by atoms with Gasteiger partial charge in [-0.25, -0.2) is 4.98 Å². The number of hydrazine groups is 1. The molecular weight excluding hydrogens is 530 g/mol. The first kappa shape index (κ1) is 26.5. The molecule has 5 rings (SSSR count). The highest BCUT2D eigenvalue weighted by Gasteiger charge is 2.24. The SMILES string of the molecule is CN(CCc1ccccn1)C(=O)c1cnc(NNC(=S)NC2c3ccccc3CCc3ccncc32)c(Cl)c1. The lowest BCUT2D eigenvalue weighted by Crippen LogP contribution is -2.41. The van der Waals surface area contributed by atoms with E-state index in [0.717, 1.165) is 24.1 Å². The number of carbonyl (C=O) groups excluding carboxylic acids is 1. The molecule has 10 heteroatoms. The lowest BCUT2D eigenvalue weighted by Gasteiger charge is -2.23. The Labute approximate surface area is 237 Å². The number of pyridine rings is 3. The van der Waals surface area contributed by atoms with Crippen molar-refractivity contribution in [1.82, 2.24) is 30.6 Å². The molecule has 8 nitrogen and oxygen atoms in total. The van der Waals surface area contributed by atoms with E-state index in [1.165, 1.54) is 22.9 Å². The van der Waals surface area contributed by atoms with Crippen LogP contribution in [-0.4, -0.2) is 44.5 Å². The lowest BCUT2D eigenvalue weighted by molar-refractivity contribution is 0.0796. The molecule has 198 valence electrons. The Balaban J connectivity index is 1.22.